The van der Waals surface area contributed by atoms with Gasteiger partial charge in [-0.05, 0) is 37.1 Å². The van der Waals surface area contributed by atoms with E-state index < -0.39 is 10.0 Å². The van der Waals surface area contributed by atoms with Gasteiger partial charge >= 0.3 is 0 Å². The zero-order chi connectivity index (χ0) is 11.1. The molecule has 1 aromatic heterocycles. The van der Waals surface area contributed by atoms with Crippen LogP contribution in [0.4, 0.5) is 0 Å². The van der Waals surface area contributed by atoms with Crippen LogP contribution in [0, 0.1) is 5.92 Å². The highest BCUT2D eigenvalue weighted by atomic mass is 32.2. The molecular weight excluding hydrogens is 230 g/mol. The van der Waals surface area contributed by atoms with Gasteiger partial charge in [-0.2, -0.15) is 4.31 Å². The fourth-order valence-corrected chi connectivity index (χ4v) is 4.25. The average Bonchev–Trinajstić information content (AvgIpc) is 2.90. The molecule has 1 saturated carbocycles. The SMILES string of the molecule is CC(C1CC1)N(C)S(=O)(=O)c1cccs1. The minimum absolute atomic E-state index is 0.122. The Kier molecular flexibility index (Phi) is 2.87. The fraction of sp³-hybridized carbons (Fsp3) is 0.600. The van der Waals surface area contributed by atoms with Gasteiger partial charge in [0, 0.05) is 13.1 Å². The lowest BCUT2D eigenvalue weighted by atomic mass is 10.2. The van der Waals surface area contributed by atoms with Gasteiger partial charge in [0.25, 0.3) is 10.0 Å². The molecule has 0 aromatic carbocycles. The van der Waals surface area contributed by atoms with Gasteiger partial charge in [-0.25, -0.2) is 8.42 Å². The first-order valence-electron chi connectivity index (χ1n) is 5.05. The first-order chi connectivity index (χ1) is 7.03. The van der Waals surface area contributed by atoms with Crippen molar-refractivity contribution in [2.75, 3.05) is 7.05 Å². The van der Waals surface area contributed by atoms with E-state index in [0.717, 1.165) is 12.8 Å². The van der Waals surface area contributed by atoms with Crippen molar-refractivity contribution in [1.29, 1.82) is 0 Å². The summed E-state index contributed by atoms with van der Waals surface area (Å²) >= 11 is 1.28. The fourth-order valence-electron chi connectivity index (χ4n) is 1.65. The zero-order valence-electron chi connectivity index (χ0n) is 8.88. The van der Waals surface area contributed by atoms with Crippen LogP contribution in [-0.4, -0.2) is 25.8 Å². The van der Waals surface area contributed by atoms with E-state index >= 15 is 0 Å². The highest BCUT2D eigenvalue weighted by Crippen LogP contribution is 2.36. The van der Waals surface area contributed by atoms with Crippen LogP contribution in [0.3, 0.4) is 0 Å². The molecule has 5 heteroatoms. The molecule has 2 rings (SSSR count). The molecule has 84 valence electrons. The van der Waals surface area contributed by atoms with Gasteiger partial charge < -0.3 is 0 Å². The Morgan fingerprint density at radius 2 is 2.20 bits per heavy atom. The van der Waals surface area contributed by atoms with Gasteiger partial charge in [0.1, 0.15) is 4.21 Å². The molecule has 0 amide bonds. The van der Waals surface area contributed by atoms with Crippen molar-refractivity contribution in [3.63, 3.8) is 0 Å². The maximum atomic E-state index is 12.1. The third kappa shape index (κ3) is 2.09. The number of rotatable bonds is 4. The third-order valence-corrected chi connectivity index (χ3v) is 6.32. The van der Waals surface area contributed by atoms with E-state index in [1.165, 1.54) is 15.6 Å². The molecule has 1 fully saturated rings. The average molecular weight is 245 g/mol. The molecule has 0 saturated heterocycles. The molecule has 15 heavy (non-hydrogen) atoms. The quantitative estimate of drug-likeness (QED) is 0.815. The Labute approximate surface area is 94.8 Å². The molecule has 0 aliphatic heterocycles. The van der Waals surface area contributed by atoms with Gasteiger partial charge in [0.05, 0.1) is 0 Å². The Morgan fingerprint density at radius 3 is 2.67 bits per heavy atom. The molecule has 1 atom stereocenters. The van der Waals surface area contributed by atoms with E-state index in [2.05, 4.69) is 0 Å². The summed E-state index contributed by atoms with van der Waals surface area (Å²) in [6, 6.07) is 3.56. The first-order valence-corrected chi connectivity index (χ1v) is 7.37. The molecule has 1 aromatic rings. The van der Waals surface area contributed by atoms with Gasteiger partial charge in [0.2, 0.25) is 0 Å². The molecule has 0 radical (unpaired) electrons. The maximum absolute atomic E-state index is 12.1. The van der Waals surface area contributed by atoms with E-state index in [4.69, 9.17) is 0 Å². The molecule has 3 nitrogen and oxygen atoms in total. The minimum Gasteiger partial charge on any atom is -0.206 e. The lowest BCUT2D eigenvalue weighted by Crippen LogP contribution is -2.35. The highest BCUT2D eigenvalue weighted by molar-refractivity contribution is 7.91. The smallest absolute Gasteiger partial charge is 0.206 e. The van der Waals surface area contributed by atoms with Crippen molar-refractivity contribution in [3.8, 4) is 0 Å². The molecular formula is C10H15NO2S2. The summed E-state index contributed by atoms with van der Waals surface area (Å²) in [4.78, 5) is 0. The number of nitrogens with zero attached hydrogens (tertiary/aromatic N) is 1. The van der Waals surface area contributed by atoms with Gasteiger partial charge in [-0.1, -0.05) is 6.07 Å². The summed E-state index contributed by atoms with van der Waals surface area (Å²) in [5, 5.41) is 1.79. The largest absolute Gasteiger partial charge is 0.252 e. The summed E-state index contributed by atoms with van der Waals surface area (Å²) in [7, 11) is -1.57. The Balaban J connectivity index is 2.21. The predicted molar refractivity (Wildman–Crippen MR) is 61.5 cm³/mol. The highest BCUT2D eigenvalue weighted by Gasteiger charge is 2.36. The predicted octanol–water partition coefficient (Wildman–Crippen LogP) is 2.17. The van der Waals surface area contributed by atoms with Crippen molar-refractivity contribution in [1.82, 2.24) is 4.31 Å². The van der Waals surface area contributed by atoms with E-state index in [9.17, 15) is 8.42 Å². The number of hydrogen-bond donors (Lipinski definition) is 0. The van der Waals surface area contributed by atoms with Crippen LogP contribution in [0.2, 0.25) is 0 Å². The molecule has 0 spiro atoms. The number of hydrogen-bond acceptors (Lipinski definition) is 3. The Bertz CT molecular complexity index is 420. The Hall–Kier alpha value is -0.390. The lowest BCUT2D eigenvalue weighted by Gasteiger charge is -2.23. The van der Waals surface area contributed by atoms with Crippen LogP contribution >= 0.6 is 11.3 Å². The normalized spacial score (nSPS) is 19.4. The van der Waals surface area contributed by atoms with Crippen molar-refractivity contribution in [2.45, 2.75) is 30.0 Å². The van der Waals surface area contributed by atoms with E-state index in [1.807, 2.05) is 6.92 Å². The van der Waals surface area contributed by atoms with Crippen molar-refractivity contribution < 1.29 is 8.42 Å². The molecule has 1 heterocycles. The molecule has 1 unspecified atom stereocenters. The van der Waals surface area contributed by atoms with Gasteiger partial charge in [0.15, 0.2) is 0 Å². The molecule has 0 bridgehead atoms. The summed E-state index contributed by atoms with van der Waals surface area (Å²) in [5.74, 6) is 0.560. The molecule has 0 N–H and O–H groups in total. The van der Waals surface area contributed by atoms with Crippen molar-refractivity contribution in [3.05, 3.63) is 17.5 Å². The van der Waals surface area contributed by atoms with Crippen molar-refractivity contribution >= 4 is 21.4 Å². The van der Waals surface area contributed by atoms with E-state index in [-0.39, 0.29) is 6.04 Å². The zero-order valence-corrected chi connectivity index (χ0v) is 10.5. The monoisotopic (exact) mass is 245 g/mol. The van der Waals surface area contributed by atoms with Gasteiger partial charge in [-0.3, -0.25) is 0 Å². The topological polar surface area (TPSA) is 37.4 Å². The van der Waals surface area contributed by atoms with Crippen LogP contribution in [-0.2, 0) is 10.0 Å². The summed E-state index contributed by atoms with van der Waals surface area (Å²) in [5.41, 5.74) is 0. The summed E-state index contributed by atoms with van der Waals surface area (Å²) in [6.07, 6.45) is 2.32. The molecule has 1 aliphatic rings. The van der Waals surface area contributed by atoms with Gasteiger partial charge in [-0.15, -0.1) is 11.3 Å². The summed E-state index contributed by atoms with van der Waals surface area (Å²) < 4.78 is 26.2. The second kappa shape index (κ2) is 3.88. The van der Waals surface area contributed by atoms with Crippen LogP contribution in [0.1, 0.15) is 19.8 Å². The van der Waals surface area contributed by atoms with E-state index in [1.54, 1.807) is 24.6 Å². The van der Waals surface area contributed by atoms with Crippen LogP contribution < -0.4 is 0 Å². The lowest BCUT2D eigenvalue weighted by molar-refractivity contribution is 0.358. The standard InChI is InChI=1S/C10H15NO2S2/c1-8(9-5-6-9)11(2)15(12,13)10-4-3-7-14-10/h3-4,7-9H,5-6H2,1-2H3. The van der Waals surface area contributed by atoms with Crippen LogP contribution in [0.5, 0.6) is 0 Å². The van der Waals surface area contributed by atoms with Crippen LogP contribution in [0.15, 0.2) is 21.7 Å². The Morgan fingerprint density at radius 1 is 1.53 bits per heavy atom. The maximum Gasteiger partial charge on any atom is 0.252 e. The first kappa shape index (κ1) is 11.1. The third-order valence-electron chi connectivity index (χ3n) is 3.01. The van der Waals surface area contributed by atoms with Crippen LogP contribution in [0.25, 0.3) is 0 Å². The molecule has 1 aliphatic carbocycles. The van der Waals surface area contributed by atoms with Crippen molar-refractivity contribution in [2.24, 2.45) is 5.92 Å². The number of sulfonamides is 1. The minimum atomic E-state index is -3.25. The number of thiophene rings is 1. The summed E-state index contributed by atoms with van der Waals surface area (Å²) in [6.45, 7) is 1.99. The second-order valence-electron chi connectivity index (χ2n) is 4.03. The van der Waals surface area contributed by atoms with E-state index in [0.29, 0.717) is 10.1 Å². The second-order valence-corrected chi connectivity index (χ2v) is 7.20.